The fourth-order valence-electron chi connectivity index (χ4n) is 2.93. The summed E-state index contributed by atoms with van der Waals surface area (Å²) < 4.78 is 27.6. The molecule has 0 bridgehead atoms. The van der Waals surface area contributed by atoms with Crippen LogP contribution in [0.3, 0.4) is 0 Å². The van der Waals surface area contributed by atoms with E-state index in [1.807, 2.05) is 18.4 Å². The largest absolute Gasteiger partial charge is 0.338 e. The van der Waals surface area contributed by atoms with Gasteiger partial charge in [-0.05, 0) is 48.6 Å². The first-order valence-corrected chi connectivity index (χ1v) is 10.8. The van der Waals surface area contributed by atoms with Crippen molar-refractivity contribution in [1.82, 2.24) is 9.21 Å². The molecular formula is C18H23N3O3S2. The van der Waals surface area contributed by atoms with Crippen LogP contribution in [0.4, 0.5) is 0 Å². The molecule has 1 aromatic carbocycles. The summed E-state index contributed by atoms with van der Waals surface area (Å²) in [6.07, 6.45) is 0.724. The number of rotatable bonds is 5. The number of benzene rings is 1. The molecule has 6 nitrogen and oxygen atoms in total. The summed E-state index contributed by atoms with van der Waals surface area (Å²) >= 11 is 1.67. The lowest BCUT2D eigenvalue weighted by atomic mass is 10.1. The monoisotopic (exact) mass is 393 g/mol. The van der Waals surface area contributed by atoms with Crippen LogP contribution in [0.1, 0.15) is 27.7 Å². The van der Waals surface area contributed by atoms with Gasteiger partial charge < -0.3 is 10.6 Å². The number of carbonyl (C=O) groups is 1. The molecule has 1 unspecified atom stereocenters. The van der Waals surface area contributed by atoms with E-state index in [0.29, 0.717) is 25.2 Å². The molecule has 1 aliphatic rings. The Morgan fingerprint density at radius 2 is 2.15 bits per heavy atom. The average molecular weight is 394 g/mol. The van der Waals surface area contributed by atoms with Gasteiger partial charge in [0.25, 0.3) is 5.91 Å². The van der Waals surface area contributed by atoms with Gasteiger partial charge in [-0.3, -0.25) is 4.79 Å². The molecular weight excluding hydrogens is 370 g/mol. The van der Waals surface area contributed by atoms with Crippen LogP contribution in [0.2, 0.25) is 0 Å². The number of amides is 1. The van der Waals surface area contributed by atoms with E-state index in [4.69, 9.17) is 5.73 Å². The summed E-state index contributed by atoms with van der Waals surface area (Å²) in [5, 5.41) is 1.99. The third kappa shape index (κ3) is 3.55. The molecule has 0 spiro atoms. The third-order valence-corrected chi connectivity index (χ3v) is 7.68. The first kappa shape index (κ1) is 19.0. The van der Waals surface area contributed by atoms with Crippen molar-refractivity contribution in [2.24, 2.45) is 5.73 Å². The summed E-state index contributed by atoms with van der Waals surface area (Å²) in [7, 11) is -1.98. The summed E-state index contributed by atoms with van der Waals surface area (Å²) in [5.41, 5.74) is 7.03. The van der Waals surface area contributed by atoms with Crippen molar-refractivity contribution < 1.29 is 13.2 Å². The van der Waals surface area contributed by atoms with Crippen LogP contribution in [-0.4, -0.2) is 49.7 Å². The molecule has 2 heterocycles. The standard InChI is InChI=1S/C18H23N3O3S2/c1-13(11-19)20(2)18(22)14-4-3-5-16(10-14)26(23,24)21-8-6-17-15(12-21)7-9-25-17/h3-5,7,9-10,13H,6,8,11-12,19H2,1-2H3. The van der Waals surface area contributed by atoms with Crippen molar-refractivity contribution in [3.05, 3.63) is 51.7 Å². The molecule has 8 heteroatoms. The highest BCUT2D eigenvalue weighted by molar-refractivity contribution is 7.89. The van der Waals surface area contributed by atoms with Crippen LogP contribution in [0.15, 0.2) is 40.6 Å². The van der Waals surface area contributed by atoms with Gasteiger partial charge in [-0.1, -0.05) is 6.07 Å². The zero-order valence-electron chi connectivity index (χ0n) is 14.9. The molecule has 0 radical (unpaired) electrons. The second-order valence-corrected chi connectivity index (χ2v) is 9.42. The second kappa shape index (κ2) is 7.48. The van der Waals surface area contributed by atoms with E-state index in [0.717, 1.165) is 12.0 Å². The second-order valence-electron chi connectivity index (χ2n) is 6.49. The number of likely N-dealkylation sites (N-methyl/N-ethyl adjacent to an activating group) is 1. The SMILES string of the molecule is CC(CN)N(C)C(=O)c1cccc(S(=O)(=O)N2CCc3sccc3C2)c1. The van der Waals surface area contributed by atoms with E-state index in [1.54, 1.807) is 36.6 Å². The van der Waals surface area contributed by atoms with Gasteiger partial charge in [0.2, 0.25) is 10.0 Å². The molecule has 140 valence electrons. The number of nitrogens with two attached hydrogens (primary N) is 1. The first-order valence-electron chi connectivity index (χ1n) is 8.47. The van der Waals surface area contributed by atoms with Crippen LogP contribution < -0.4 is 5.73 Å². The maximum Gasteiger partial charge on any atom is 0.253 e. The van der Waals surface area contributed by atoms with Crippen LogP contribution in [0.5, 0.6) is 0 Å². The Kier molecular flexibility index (Phi) is 5.47. The van der Waals surface area contributed by atoms with Gasteiger partial charge in [0.15, 0.2) is 0 Å². The molecule has 0 fully saturated rings. The zero-order valence-corrected chi connectivity index (χ0v) is 16.5. The summed E-state index contributed by atoms with van der Waals surface area (Å²) in [4.78, 5) is 15.5. The van der Waals surface area contributed by atoms with Gasteiger partial charge in [-0.2, -0.15) is 4.31 Å². The Hall–Kier alpha value is -1.74. The zero-order chi connectivity index (χ0) is 18.9. The Morgan fingerprint density at radius 1 is 1.38 bits per heavy atom. The molecule has 1 atom stereocenters. The van der Waals surface area contributed by atoms with Crippen molar-refractivity contribution in [2.75, 3.05) is 20.1 Å². The molecule has 0 aliphatic carbocycles. The number of hydrogen-bond acceptors (Lipinski definition) is 5. The highest BCUT2D eigenvalue weighted by atomic mass is 32.2. The average Bonchev–Trinajstić information content (AvgIpc) is 3.14. The van der Waals surface area contributed by atoms with Gasteiger partial charge >= 0.3 is 0 Å². The van der Waals surface area contributed by atoms with Crippen molar-refractivity contribution in [2.45, 2.75) is 30.8 Å². The predicted molar refractivity (Wildman–Crippen MR) is 103 cm³/mol. The van der Waals surface area contributed by atoms with E-state index < -0.39 is 10.0 Å². The number of carbonyl (C=O) groups excluding carboxylic acids is 1. The van der Waals surface area contributed by atoms with Crippen molar-refractivity contribution in [3.8, 4) is 0 Å². The number of thiophene rings is 1. The van der Waals surface area contributed by atoms with Gasteiger partial charge in [-0.25, -0.2) is 8.42 Å². The first-order chi connectivity index (χ1) is 12.3. The van der Waals surface area contributed by atoms with Crippen LogP contribution in [-0.2, 0) is 23.0 Å². The van der Waals surface area contributed by atoms with Gasteiger partial charge in [0, 0.05) is 43.2 Å². The Labute approximate surface area is 158 Å². The molecule has 1 amide bonds. The molecule has 1 aliphatic heterocycles. The van der Waals surface area contributed by atoms with Crippen LogP contribution in [0, 0.1) is 0 Å². The van der Waals surface area contributed by atoms with E-state index in [1.165, 1.54) is 20.1 Å². The van der Waals surface area contributed by atoms with Crippen molar-refractivity contribution in [1.29, 1.82) is 0 Å². The predicted octanol–water partition coefficient (Wildman–Crippen LogP) is 1.91. The fraction of sp³-hybridized carbons (Fsp3) is 0.389. The number of fused-ring (bicyclic) bond motifs is 1. The lowest BCUT2D eigenvalue weighted by Gasteiger charge is -2.27. The smallest absolute Gasteiger partial charge is 0.253 e. The lowest BCUT2D eigenvalue weighted by molar-refractivity contribution is 0.0748. The van der Waals surface area contributed by atoms with Crippen molar-refractivity contribution >= 4 is 27.3 Å². The van der Waals surface area contributed by atoms with Gasteiger partial charge in [-0.15, -0.1) is 11.3 Å². The molecule has 0 saturated heterocycles. The van der Waals surface area contributed by atoms with E-state index in [-0.39, 0.29) is 16.8 Å². The molecule has 1 aromatic heterocycles. The van der Waals surface area contributed by atoms with E-state index in [9.17, 15) is 13.2 Å². The number of nitrogens with zero attached hydrogens (tertiary/aromatic N) is 2. The number of sulfonamides is 1. The maximum absolute atomic E-state index is 13.0. The minimum absolute atomic E-state index is 0.123. The summed E-state index contributed by atoms with van der Waals surface area (Å²) in [6, 6.07) is 8.10. The van der Waals surface area contributed by atoms with Crippen molar-refractivity contribution in [3.63, 3.8) is 0 Å². The van der Waals surface area contributed by atoms with E-state index >= 15 is 0 Å². The highest BCUT2D eigenvalue weighted by Gasteiger charge is 2.29. The molecule has 2 N–H and O–H groups in total. The fourth-order valence-corrected chi connectivity index (χ4v) is 5.28. The third-order valence-electron chi connectivity index (χ3n) is 4.81. The normalized spacial score (nSPS) is 16.1. The lowest BCUT2D eigenvalue weighted by Crippen LogP contribution is -2.40. The van der Waals surface area contributed by atoms with Crippen LogP contribution in [0.25, 0.3) is 0 Å². The van der Waals surface area contributed by atoms with Gasteiger partial charge in [0.1, 0.15) is 0 Å². The quantitative estimate of drug-likeness (QED) is 0.841. The molecule has 26 heavy (non-hydrogen) atoms. The van der Waals surface area contributed by atoms with E-state index in [2.05, 4.69) is 0 Å². The minimum atomic E-state index is -3.65. The minimum Gasteiger partial charge on any atom is -0.338 e. The summed E-state index contributed by atoms with van der Waals surface area (Å²) in [6.45, 7) is 3.03. The Morgan fingerprint density at radius 3 is 2.88 bits per heavy atom. The maximum atomic E-state index is 13.0. The molecule has 0 saturated carbocycles. The molecule has 3 rings (SSSR count). The topological polar surface area (TPSA) is 83.7 Å². The van der Waals surface area contributed by atoms with Gasteiger partial charge in [0.05, 0.1) is 4.90 Å². The Bertz CT molecular complexity index is 908. The Balaban J connectivity index is 1.86. The van der Waals surface area contributed by atoms with Crippen LogP contribution >= 0.6 is 11.3 Å². The highest BCUT2D eigenvalue weighted by Crippen LogP contribution is 2.28. The number of hydrogen-bond donors (Lipinski definition) is 1. The molecule has 2 aromatic rings. The summed E-state index contributed by atoms with van der Waals surface area (Å²) in [5.74, 6) is -0.237.